The van der Waals surface area contributed by atoms with Gasteiger partial charge in [-0.05, 0) is 62.8 Å². The van der Waals surface area contributed by atoms with Gasteiger partial charge >= 0.3 is 18.4 Å². The first-order chi connectivity index (χ1) is 18.1. The van der Waals surface area contributed by atoms with Crippen LogP contribution in [0.4, 0.5) is 31.1 Å². The molecule has 0 saturated carbocycles. The molecule has 0 saturated heterocycles. The number of benzene rings is 2. The maximum Gasteiger partial charge on any atom is 0.416 e. The van der Waals surface area contributed by atoms with Gasteiger partial charge < -0.3 is 15.2 Å². The van der Waals surface area contributed by atoms with E-state index in [9.17, 15) is 35.9 Å². The third-order valence-electron chi connectivity index (χ3n) is 6.72. The molecule has 6 nitrogen and oxygen atoms in total. The SMILES string of the molecule is CC(N(C)C)N(C)C(=O)NC(Cc1c[nH]c2ccccc12)C(=O)CCc1cc(C(F)(F)F)cc(C(F)(F)F)c1. The van der Waals surface area contributed by atoms with Gasteiger partial charge in [0.05, 0.1) is 23.3 Å². The maximum absolute atomic E-state index is 13.3. The van der Waals surface area contributed by atoms with Crippen LogP contribution in [0.15, 0.2) is 48.7 Å². The van der Waals surface area contributed by atoms with Crippen LogP contribution in [0.1, 0.15) is 35.6 Å². The number of rotatable bonds is 9. The van der Waals surface area contributed by atoms with Crippen molar-refractivity contribution in [2.75, 3.05) is 21.1 Å². The maximum atomic E-state index is 13.3. The number of H-pyrrole nitrogens is 1. The number of nitrogens with one attached hydrogen (secondary N) is 2. The Morgan fingerprint density at radius 3 is 2.10 bits per heavy atom. The lowest BCUT2D eigenvalue weighted by Gasteiger charge is -2.31. The van der Waals surface area contributed by atoms with Gasteiger partial charge in [-0.25, -0.2) is 4.79 Å². The summed E-state index contributed by atoms with van der Waals surface area (Å²) >= 11 is 0. The molecule has 212 valence electrons. The number of halogens is 6. The molecule has 0 aliphatic heterocycles. The van der Waals surface area contributed by atoms with Crippen molar-refractivity contribution in [3.8, 4) is 0 Å². The number of aryl methyl sites for hydroxylation is 1. The smallest absolute Gasteiger partial charge is 0.361 e. The van der Waals surface area contributed by atoms with E-state index < -0.39 is 41.3 Å². The molecule has 3 rings (SSSR count). The van der Waals surface area contributed by atoms with E-state index in [1.165, 1.54) is 4.90 Å². The van der Waals surface area contributed by atoms with Crippen molar-refractivity contribution < 1.29 is 35.9 Å². The molecule has 0 fully saturated rings. The second kappa shape index (κ2) is 11.7. The number of alkyl halides is 6. The van der Waals surface area contributed by atoms with Crippen molar-refractivity contribution in [3.05, 3.63) is 70.9 Å². The number of carbonyl (C=O) groups excluding carboxylic acids is 2. The third kappa shape index (κ3) is 7.53. The van der Waals surface area contributed by atoms with Gasteiger partial charge in [-0.2, -0.15) is 26.3 Å². The number of para-hydroxylation sites is 1. The first kappa shape index (κ1) is 30.0. The summed E-state index contributed by atoms with van der Waals surface area (Å²) in [6, 6.07) is 6.98. The molecule has 0 aliphatic carbocycles. The lowest BCUT2D eigenvalue weighted by molar-refractivity contribution is -0.143. The van der Waals surface area contributed by atoms with Crippen LogP contribution < -0.4 is 5.32 Å². The summed E-state index contributed by atoms with van der Waals surface area (Å²) in [5.74, 6) is -0.523. The average molecular weight is 557 g/mol. The minimum atomic E-state index is -4.99. The molecular weight excluding hydrogens is 526 g/mol. The van der Waals surface area contributed by atoms with E-state index in [2.05, 4.69) is 10.3 Å². The van der Waals surface area contributed by atoms with Gasteiger partial charge in [-0.3, -0.25) is 9.69 Å². The molecule has 2 unspecified atom stereocenters. The lowest BCUT2D eigenvalue weighted by atomic mass is 9.96. The number of ketones is 1. The van der Waals surface area contributed by atoms with E-state index >= 15 is 0 Å². The molecule has 1 aromatic heterocycles. The zero-order chi connectivity index (χ0) is 29.1. The quantitative estimate of drug-likeness (QED) is 0.256. The monoisotopic (exact) mass is 556 g/mol. The van der Waals surface area contributed by atoms with Crippen molar-refractivity contribution in [2.45, 2.75) is 50.7 Å². The summed E-state index contributed by atoms with van der Waals surface area (Å²) in [4.78, 5) is 32.5. The van der Waals surface area contributed by atoms with E-state index in [1.807, 2.05) is 24.3 Å². The minimum Gasteiger partial charge on any atom is -0.361 e. The van der Waals surface area contributed by atoms with Gasteiger partial charge in [0, 0.05) is 37.0 Å². The van der Waals surface area contributed by atoms with Crippen molar-refractivity contribution >= 4 is 22.7 Å². The summed E-state index contributed by atoms with van der Waals surface area (Å²) < 4.78 is 79.5. The molecule has 0 spiro atoms. The van der Waals surface area contributed by atoms with Crippen LogP contribution in [-0.2, 0) is 30.0 Å². The molecule has 2 N–H and O–H groups in total. The van der Waals surface area contributed by atoms with Gasteiger partial charge in [-0.1, -0.05) is 18.2 Å². The highest BCUT2D eigenvalue weighted by atomic mass is 19.4. The predicted molar refractivity (Wildman–Crippen MR) is 135 cm³/mol. The first-order valence-corrected chi connectivity index (χ1v) is 12.1. The number of hydrogen-bond acceptors (Lipinski definition) is 3. The Balaban J connectivity index is 1.86. The number of fused-ring (bicyclic) bond motifs is 1. The lowest BCUT2D eigenvalue weighted by Crippen LogP contribution is -2.53. The Morgan fingerprint density at radius 1 is 0.949 bits per heavy atom. The number of Topliss-reactive ketones (excluding diaryl/α,β-unsaturated/α-hetero) is 1. The van der Waals surface area contributed by atoms with E-state index in [-0.39, 0.29) is 37.1 Å². The number of nitrogens with zero attached hydrogens (tertiary/aromatic N) is 2. The molecule has 2 atom stereocenters. The molecule has 2 aromatic carbocycles. The van der Waals surface area contributed by atoms with Crippen LogP contribution in [0, 0.1) is 0 Å². The van der Waals surface area contributed by atoms with Crippen molar-refractivity contribution in [2.24, 2.45) is 0 Å². The Labute approximate surface area is 222 Å². The van der Waals surface area contributed by atoms with E-state index in [4.69, 9.17) is 0 Å². The number of aromatic nitrogens is 1. The van der Waals surface area contributed by atoms with Gasteiger partial charge in [-0.15, -0.1) is 0 Å². The molecule has 1 heterocycles. The molecular formula is C27H30F6N4O2. The molecule has 39 heavy (non-hydrogen) atoms. The van der Waals surface area contributed by atoms with Gasteiger partial charge in [0.15, 0.2) is 5.78 Å². The number of aromatic amines is 1. The molecule has 0 aliphatic rings. The molecule has 2 amide bonds. The Bertz CT molecular complexity index is 1280. The van der Waals surface area contributed by atoms with Crippen LogP contribution in [0.2, 0.25) is 0 Å². The van der Waals surface area contributed by atoms with Crippen LogP contribution in [0.5, 0.6) is 0 Å². The number of amides is 2. The van der Waals surface area contributed by atoms with Gasteiger partial charge in [0.25, 0.3) is 0 Å². The standard InChI is InChI=1S/C27H30F6N4O2/c1-16(36(2)3)37(4)25(39)35-23(13-18-15-34-22-8-6-5-7-21(18)22)24(38)10-9-17-11-19(26(28,29)30)14-20(12-17)27(31,32)33/h5-8,11-12,14-16,23,34H,9-10,13H2,1-4H3,(H,35,39). The second-order valence-corrected chi connectivity index (χ2v) is 9.65. The van der Waals surface area contributed by atoms with Crippen molar-refractivity contribution in [3.63, 3.8) is 0 Å². The van der Waals surface area contributed by atoms with Crippen molar-refractivity contribution in [1.82, 2.24) is 20.1 Å². The number of carbonyl (C=O) groups is 2. The van der Waals surface area contributed by atoms with E-state index in [0.29, 0.717) is 12.1 Å². The summed E-state index contributed by atoms with van der Waals surface area (Å²) in [7, 11) is 5.09. The van der Waals surface area contributed by atoms with Crippen LogP contribution in [0.3, 0.4) is 0 Å². The average Bonchev–Trinajstić information content (AvgIpc) is 3.27. The zero-order valence-electron chi connectivity index (χ0n) is 21.9. The van der Waals surface area contributed by atoms with E-state index in [0.717, 1.165) is 16.5 Å². The fourth-order valence-corrected chi connectivity index (χ4v) is 4.14. The molecule has 12 heteroatoms. The number of hydrogen-bond donors (Lipinski definition) is 2. The summed E-state index contributed by atoms with van der Waals surface area (Å²) in [6.07, 6.45) is -9.26. The van der Waals surface area contributed by atoms with Crippen LogP contribution in [0.25, 0.3) is 10.9 Å². The highest BCUT2D eigenvalue weighted by Gasteiger charge is 2.37. The molecule has 3 aromatic rings. The highest BCUT2D eigenvalue weighted by Crippen LogP contribution is 2.36. The molecule has 0 radical (unpaired) electrons. The van der Waals surface area contributed by atoms with Crippen molar-refractivity contribution in [1.29, 1.82) is 0 Å². The van der Waals surface area contributed by atoms with Crippen LogP contribution in [-0.4, -0.2) is 59.9 Å². The Kier molecular flexibility index (Phi) is 8.99. The Morgan fingerprint density at radius 2 is 1.54 bits per heavy atom. The summed E-state index contributed by atoms with van der Waals surface area (Å²) in [6.45, 7) is 1.78. The summed E-state index contributed by atoms with van der Waals surface area (Å²) in [5, 5.41) is 3.53. The van der Waals surface area contributed by atoms with Gasteiger partial charge in [0.1, 0.15) is 0 Å². The normalized spacial score (nSPS) is 13.9. The Hall–Kier alpha value is -3.54. The summed E-state index contributed by atoms with van der Waals surface area (Å²) in [5.41, 5.74) is -1.62. The fourth-order valence-electron chi connectivity index (χ4n) is 4.14. The first-order valence-electron chi connectivity index (χ1n) is 12.1. The van der Waals surface area contributed by atoms with E-state index in [1.54, 1.807) is 39.2 Å². The predicted octanol–water partition coefficient (Wildman–Crippen LogP) is 5.87. The minimum absolute atomic E-state index is 0.0487. The second-order valence-electron chi connectivity index (χ2n) is 9.65. The fraction of sp³-hybridized carbons (Fsp3) is 0.407. The third-order valence-corrected chi connectivity index (χ3v) is 6.72. The van der Waals surface area contributed by atoms with Gasteiger partial charge in [0.2, 0.25) is 0 Å². The number of urea groups is 1. The van der Waals surface area contributed by atoms with Crippen LogP contribution >= 0.6 is 0 Å². The highest BCUT2D eigenvalue weighted by molar-refractivity contribution is 5.90. The largest absolute Gasteiger partial charge is 0.416 e. The topological polar surface area (TPSA) is 68.4 Å². The molecule has 0 bridgehead atoms. The zero-order valence-corrected chi connectivity index (χ0v) is 21.9.